The van der Waals surface area contributed by atoms with E-state index in [1.165, 1.54) is 11.6 Å². The Morgan fingerprint density at radius 1 is 0.750 bits per heavy atom. The number of aliphatic carboxylic acids is 2. The monoisotopic (exact) mass is 498 g/mol. The molecule has 0 unspecified atom stereocenters. The Labute approximate surface area is 209 Å². The lowest BCUT2D eigenvalue weighted by Gasteiger charge is -2.22. The minimum atomic E-state index is -0.899. The lowest BCUT2D eigenvalue weighted by atomic mass is 9.85. The minimum absolute atomic E-state index is 0.0203. The largest absolute Gasteiger partial charge is 0.481 e. The molecule has 2 aliphatic carbocycles. The van der Waals surface area contributed by atoms with E-state index >= 15 is 0 Å². The average Bonchev–Trinajstić information content (AvgIpc) is 2.85. The molecule has 2 aromatic rings. The number of benzene rings is 2. The maximum Gasteiger partial charge on any atom is 0.303 e. The van der Waals surface area contributed by atoms with Gasteiger partial charge in [-0.25, -0.2) is 0 Å². The molecule has 4 rings (SSSR count). The number of carboxylic acid groups (broad SMARTS) is 2. The molecular formula is C26H34N4O6. The molecule has 10 nitrogen and oxygen atoms in total. The number of rotatable bonds is 7. The van der Waals surface area contributed by atoms with Gasteiger partial charge in [0.25, 0.3) is 5.69 Å². The molecule has 0 heterocycles. The number of anilines is 3. The molecule has 0 radical (unpaired) electrons. The van der Waals surface area contributed by atoms with Crippen molar-refractivity contribution < 1.29 is 24.7 Å². The zero-order valence-electron chi connectivity index (χ0n) is 20.3. The summed E-state index contributed by atoms with van der Waals surface area (Å²) >= 11 is 0. The molecular weight excluding hydrogens is 464 g/mol. The molecule has 0 saturated heterocycles. The van der Waals surface area contributed by atoms with E-state index in [2.05, 4.69) is 0 Å². The summed E-state index contributed by atoms with van der Waals surface area (Å²) in [4.78, 5) is 31.8. The first kappa shape index (κ1) is 26.8. The van der Waals surface area contributed by atoms with Crippen LogP contribution >= 0.6 is 0 Å². The van der Waals surface area contributed by atoms with E-state index in [-0.39, 0.29) is 24.2 Å². The fraction of sp³-hybridized carbons (Fsp3) is 0.462. The predicted octanol–water partition coefficient (Wildman–Crippen LogP) is 3.82. The molecule has 0 fully saturated rings. The number of carbonyl (C=O) groups is 2. The molecule has 0 spiro atoms. The van der Waals surface area contributed by atoms with Crippen LogP contribution in [0.5, 0.6) is 0 Å². The maximum atomic E-state index is 11.0. The number of fused-ring (bicyclic) bond motifs is 2. The van der Waals surface area contributed by atoms with E-state index in [1.54, 1.807) is 0 Å². The summed E-state index contributed by atoms with van der Waals surface area (Å²) in [5, 5.41) is 28.5. The average molecular weight is 499 g/mol. The minimum Gasteiger partial charge on any atom is -0.481 e. The Hall–Kier alpha value is -3.82. The normalized spacial score (nSPS) is 14.1. The highest BCUT2D eigenvalue weighted by atomic mass is 16.6. The van der Waals surface area contributed by atoms with Gasteiger partial charge >= 0.3 is 11.9 Å². The van der Waals surface area contributed by atoms with Crippen molar-refractivity contribution in [1.82, 2.24) is 0 Å². The van der Waals surface area contributed by atoms with Gasteiger partial charge in [0, 0.05) is 18.9 Å². The number of hydrogen-bond acceptors (Lipinski definition) is 7. The van der Waals surface area contributed by atoms with Crippen molar-refractivity contribution in [3.05, 3.63) is 55.6 Å². The van der Waals surface area contributed by atoms with Crippen LogP contribution in [0.25, 0.3) is 0 Å². The molecule has 0 saturated carbocycles. The van der Waals surface area contributed by atoms with Crippen LogP contribution in [0.1, 0.15) is 71.9 Å². The SMILES string of the molecule is Nc1c([N+](=O)[O-])cc(CCC(=O)O)c2c1CCCC2.Nc1cc(CCC(=O)O)c2c(c1N)CCCC2. The molecule has 0 amide bonds. The van der Waals surface area contributed by atoms with Crippen LogP contribution in [0, 0.1) is 10.1 Å². The molecule has 0 aromatic heterocycles. The van der Waals surface area contributed by atoms with Gasteiger partial charge in [0.1, 0.15) is 5.69 Å². The standard InChI is InChI=1S/C13H16N2O4.C13H18N2O2/c14-13-10-4-2-1-3-9(10)8(5-6-12(16)17)7-11(13)15(18)19;14-11-7-8(5-6-12(16)17)9-3-1-2-4-10(9)13(11)15/h7H,1-6,14H2,(H,16,17);7H,1-6,14-15H2,(H,16,17). The van der Waals surface area contributed by atoms with Gasteiger partial charge in [-0.1, -0.05) is 0 Å². The van der Waals surface area contributed by atoms with Gasteiger partial charge in [0.05, 0.1) is 16.3 Å². The Morgan fingerprint density at radius 2 is 1.17 bits per heavy atom. The molecule has 194 valence electrons. The van der Waals surface area contributed by atoms with Gasteiger partial charge in [-0.3, -0.25) is 19.7 Å². The highest BCUT2D eigenvalue weighted by Gasteiger charge is 2.24. The smallest absolute Gasteiger partial charge is 0.303 e. The third-order valence-electron chi connectivity index (χ3n) is 7.00. The summed E-state index contributed by atoms with van der Waals surface area (Å²) in [6.07, 6.45) is 8.79. The third kappa shape index (κ3) is 6.24. The zero-order chi connectivity index (χ0) is 26.4. The summed E-state index contributed by atoms with van der Waals surface area (Å²) < 4.78 is 0. The number of carboxylic acids is 2. The van der Waals surface area contributed by atoms with Gasteiger partial charge in [-0.2, -0.15) is 0 Å². The van der Waals surface area contributed by atoms with Crippen LogP contribution < -0.4 is 17.2 Å². The molecule has 2 aliphatic rings. The summed E-state index contributed by atoms with van der Waals surface area (Å²) in [7, 11) is 0. The Morgan fingerprint density at radius 3 is 1.61 bits per heavy atom. The number of hydrogen-bond donors (Lipinski definition) is 5. The Balaban J connectivity index is 0.000000202. The van der Waals surface area contributed by atoms with E-state index in [4.69, 9.17) is 27.4 Å². The summed E-state index contributed by atoms with van der Waals surface area (Å²) in [6, 6.07) is 3.30. The van der Waals surface area contributed by atoms with Crippen molar-refractivity contribution in [1.29, 1.82) is 0 Å². The molecule has 0 atom stereocenters. The first-order chi connectivity index (χ1) is 17.1. The van der Waals surface area contributed by atoms with Crippen molar-refractivity contribution in [3.8, 4) is 0 Å². The van der Waals surface area contributed by atoms with Crippen molar-refractivity contribution >= 4 is 34.7 Å². The van der Waals surface area contributed by atoms with Gasteiger partial charge in [-0.05, 0) is 104 Å². The maximum absolute atomic E-state index is 11.0. The molecule has 0 bridgehead atoms. The molecule has 10 heteroatoms. The number of nitrogens with zero attached hydrogens (tertiary/aromatic N) is 1. The number of nitro benzene ring substituents is 1. The molecule has 2 aromatic carbocycles. The van der Waals surface area contributed by atoms with E-state index < -0.39 is 16.9 Å². The van der Waals surface area contributed by atoms with Crippen LogP contribution in [0.15, 0.2) is 12.1 Å². The van der Waals surface area contributed by atoms with Crippen molar-refractivity contribution in [2.24, 2.45) is 0 Å². The first-order valence-corrected chi connectivity index (χ1v) is 12.3. The number of nitrogen functional groups attached to an aromatic ring is 3. The highest BCUT2D eigenvalue weighted by Crippen LogP contribution is 2.36. The second-order valence-corrected chi connectivity index (χ2v) is 9.38. The van der Waals surface area contributed by atoms with E-state index in [1.807, 2.05) is 6.07 Å². The topological polar surface area (TPSA) is 196 Å². The van der Waals surface area contributed by atoms with Crippen LogP contribution in [0.4, 0.5) is 22.7 Å². The van der Waals surface area contributed by atoms with Gasteiger partial charge in [0.15, 0.2) is 0 Å². The van der Waals surface area contributed by atoms with Crippen LogP contribution in [0.2, 0.25) is 0 Å². The lowest BCUT2D eigenvalue weighted by molar-refractivity contribution is -0.384. The summed E-state index contributed by atoms with van der Waals surface area (Å²) in [6.45, 7) is 0. The van der Waals surface area contributed by atoms with E-state index in [0.717, 1.165) is 79.2 Å². The second-order valence-electron chi connectivity index (χ2n) is 9.38. The van der Waals surface area contributed by atoms with Crippen LogP contribution in [0.3, 0.4) is 0 Å². The third-order valence-corrected chi connectivity index (χ3v) is 7.00. The van der Waals surface area contributed by atoms with Gasteiger partial charge in [-0.15, -0.1) is 0 Å². The number of nitro groups is 1. The molecule has 8 N–H and O–H groups in total. The van der Waals surface area contributed by atoms with E-state index in [0.29, 0.717) is 24.2 Å². The van der Waals surface area contributed by atoms with Crippen LogP contribution in [-0.4, -0.2) is 27.1 Å². The number of nitrogens with two attached hydrogens (primary N) is 3. The quantitative estimate of drug-likeness (QED) is 0.214. The lowest BCUT2D eigenvalue weighted by Crippen LogP contribution is -2.12. The fourth-order valence-electron chi connectivity index (χ4n) is 5.21. The summed E-state index contributed by atoms with van der Waals surface area (Å²) in [5.74, 6) is -1.67. The molecule has 0 aliphatic heterocycles. The van der Waals surface area contributed by atoms with Crippen molar-refractivity contribution in [2.45, 2.75) is 77.0 Å². The first-order valence-electron chi connectivity index (χ1n) is 12.3. The van der Waals surface area contributed by atoms with Gasteiger partial charge in [0.2, 0.25) is 0 Å². The van der Waals surface area contributed by atoms with Crippen LogP contribution in [-0.2, 0) is 48.1 Å². The Kier molecular flexibility index (Phi) is 8.73. The predicted molar refractivity (Wildman–Crippen MR) is 138 cm³/mol. The van der Waals surface area contributed by atoms with Gasteiger partial charge < -0.3 is 27.4 Å². The fourth-order valence-corrected chi connectivity index (χ4v) is 5.21. The van der Waals surface area contributed by atoms with Crippen molar-refractivity contribution in [2.75, 3.05) is 17.2 Å². The van der Waals surface area contributed by atoms with Crippen molar-refractivity contribution in [3.63, 3.8) is 0 Å². The Bertz CT molecular complexity index is 1180. The molecule has 36 heavy (non-hydrogen) atoms. The zero-order valence-corrected chi connectivity index (χ0v) is 20.3. The summed E-state index contributed by atoms with van der Waals surface area (Å²) in [5.41, 5.74) is 25.3. The second kappa shape index (κ2) is 11.7. The highest BCUT2D eigenvalue weighted by molar-refractivity contribution is 5.73. The van der Waals surface area contributed by atoms with E-state index in [9.17, 15) is 19.7 Å². The number of aryl methyl sites for hydroxylation is 2.